The van der Waals surface area contributed by atoms with E-state index in [0.29, 0.717) is 55.9 Å². The monoisotopic (exact) mass is 609 g/mol. The zero-order valence-corrected chi connectivity index (χ0v) is 25.2. The highest BCUT2D eigenvalue weighted by Gasteiger charge is 2.53. The van der Waals surface area contributed by atoms with Crippen molar-refractivity contribution in [3.05, 3.63) is 118 Å². The first-order valence-electron chi connectivity index (χ1n) is 15.4. The summed E-state index contributed by atoms with van der Waals surface area (Å²) in [6.45, 7) is 0.544. The lowest BCUT2D eigenvalue weighted by molar-refractivity contribution is -0.130. The number of amides is 1. The van der Waals surface area contributed by atoms with E-state index in [1.807, 2.05) is 91.0 Å². The maximum absolute atomic E-state index is 14.5. The Morgan fingerprint density at radius 3 is 2.53 bits per heavy atom. The molecule has 1 fully saturated rings. The van der Waals surface area contributed by atoms with E-state index in [9.17, 15) is 9.90 Å². The van der Waals surface area contributed by atoms with Gasteiger partial charge in [-0.2, -0.15) is 0 Å². The van der Waals surface area contributed by atoms with Crippen LogP contribution in [0, 0.1) is 0 Å². The average Bonchev–Trinajstić information content (AvgIpc) is 3.46. The van der Waals surface area contributed by atoms with Crippen molar-refractivity contribution in [2.75, 3.05) is 13.2 Å². The summed E-state index contributed by atoms with van der Waals surface area (Å²) in [6, 6.07) is 24.6. The predicted molar refractivity (Wildman–Crippen MR) is 173 cm³/mol. The molecule has 1 heterocycles. The Labute approximate surface area is 263 Å². The van der Waals surface area contributed by atoms with Gasteiger partial charge in [0.1, 0.15) is 5.75 Å². The minimum absolute atomic E-state index is 0.0512. The van der Waals surface area contributed by atoms with Gasteiger partial charge in [0, 0.05) is 36.0 Å². The number of carbonyl (C=O) groups excluding carboxylic acids is 1. The molecule has 1 saturated carbocycles. The Morgan fingerprint density at radius 1 is 1.07 bits per heavy atom. The fourth-order valence-corrected chi connectivity index (χ4v) is 5.80. The molecule has 2 atom stereocenters. The normalized spacial score (nSPS) is 22.7. The van der Waals surface area contributed by atoms with Gasteiger partial charge in [-0.15, -0.1) is 0 Å². The molecular weight excluding hydrogens is 570 g/mol. The highest BCUT2D eigenvalue weighted by Crippen LogP contribution is 2.44. The van der Waals surface area contributed by atoms with E-state index < -0.39 is 11.6 Å². The molecule has 3 aromatic carbocycles. The highest BCUT2D eigenvalue weighted by atomic mass is 16.5. The molecule has 2 aliphatic rings. The maximum Gasteiger partial charge on any atom is 0.252 e. The van der Waals surface area contributed by atoms with Crippen molar-refractivity contribution in [2.45, 2.75) is 68.9 Å². The molecule has 0 spiro atoms. The van der Waals surface area contributed by atoms with Crippen molar-refractivity contribution in [3.63, 3.8) is 0 Å². The number of rotatable bonds is 13. The lowest BCUT2D eigenvalue weighted by atomic mass is 9.81. The lowest BCUT2D eigenvalue weighted by Crippen LogP contribution is -2.52. The number of nitrogens with zero attached hydrogens (tertiary/aromatic N) is 4. The zero-order chi connectivity index (χ0) is 31.5. The van der Waals surface area contributed by atoms with Crippen LogP contribution >= 0.6 is 0 Å². The number of carbonyl (C=O) groups is 1. The molecular formula is C35H39N5O5. The Bertz CT molecular complexity index is 1530. The van der Waals surface area contributed by atoms with Crippen LogP contribution in [0.2, 0.25) is 0 Å². The van der Waals surface area contributed by atoms with Gasteiger partial charge in [0.25, 0.3) is 5.91 Å². The summed E-state index contributed by atoms with van der Waals surface area (Å²) in [5.74, 6) is 0.711. The molecule has 234 valence electrons. The molecule has 10 nitrogen and oxygen atoms in total. The van der Waals surface area contributed by atoms with Crippen molar-refractivity contribution >= 4 is 17.9 Å². The number of aliphatic imine (C=N–C) groups is 1. The quantitative estimate of drug-likeness (QED) is 0.0935. The van der Waals surface area contributed by atoms with Crippen LogP contribution in [0.25, 0.3) is 16.5 Å². The average molecular weight is 610 g/mol. The van der Waals surface area contributed by atoms with Crippen LogP contribution in [-0.4, -0.2) is 52.9 Å². The summed E-state index contributed by atoms with van der Waals surface area (Å²) in [4.78, 5) is 22.6. The van der Waals surface area contributed by atoms with Gasteiger partial charge in [-0.3, -0.25) is 4.79 Å². The number of ether oxygens (including phenoxy) is 2. The fourth-order valence-electron chi connectivity index (χ4n) is 5.80. The third-order valence-electron chi connectivity index (χ3n) is 8.24. The predicted octanol–water partition coefficient (Wildman–Crippen LogP) is 6.04. The van der Waals surface area contributed by atoms with Gasteiger partial charge in [0.05, 0.1) is 19.3 Å². The van der Waals surface area contributed by atoms with Crippen LogP contribution in [0.5, 0.6) is 5.75 Å². The van der Waals surface area contributed by atoms with Crippen LogP contribution < -0.4 is 10.1 Å². The Kier molecular flexibility index (Phi) is 10.9. The van der Waals surface area contributed by atoms with Crippen molar-refractivity contribution in [2.24, 2.45) is 10.1 Å². The third-order valence-corrected chi connectivity index (χ3v) is 8.24. The third kappa shape index (κ3) is 7.91. The number of benzene rings is 3. The Balaban J connectivity index is 1.56. The molecule has 0 radical (unpaired) electrons. The summed E-state index contributed by atoms with van der Waals surface area (Å²) in [6.07, 6.45) is 6.15. The number of aliphatic hydroxyl groups excluding tert-OH is 2. The maximum atomic E-state index is 14.5. The number of aliphatic hydroxyl groups is 2. The minimum Gasteiger partial charge on any atom is -0.494 e. The van der Waals surface area contributed by atoms with E-state index in [4.69, 9.17) is 25.1 Å². The summed E-state index contributed by atoms with van der Waals surface area (Å²) in [5, 5.41) is 26.2. The van der Waals surface area contributed by atoms with Crippen molar-refractivity contribution in [3.8, 4) is 5.75 Å². The Hall–Kier alpha value is -4.63. The van der Waals surface area contributed by atoms with Crippen molar-refractivity contribution in [1.29, 1.82) is 0 Å². The standard InChI is InChI=1S/C35H39N5O5/c36-40-37-24-27-11-4-5-12-31(27)32-35(21-6-10-25-8-2-1-3-9-25,34(43)38-28-15-17-29(42)18-16-28)39-33(45-32)26-13-19-30(20-14-26)44-23-7-22-41/h1-6,8-14,19-20,28-29,32,41-42H,7,15-18,21-24H2,(H,38,43)/b10-6+/t28?,29?,32-,35-/m1/s1. The van der Waals surface area contributed by atoms with E-state index >= 15 is 0 Å². The topological polar surface area (TPSA) is 149 Å². The summed E-state index contributed by atoms with van der Waals surface area (Å²) in [5.41, 5.74) is 10.8. The molecule has 0 saturated heterocycles. The van der Waals surface area contributed by atoms with Gasteiger partial charge >= 0.3 is 0 Å². The second kappa shape index (κ2) is 15.4. The molecule has 10 heteroatoms. The van der Waals surface area contributed by atoms with E-state index in [0.717, 1.165) is 16.7 Å². The molecule has 3 N–H and O–H groups in total. The zero-order valence-electron chi connectivity index (χ0n) is 25.2. The summed E-state index contributed by atoms with van der Waals surface area (Å²) in [7, 11) is 0. The molecule has 3 aromatic rings. The number of hydrogen-bond donors (Lipinski definition) is 3. The molecule has 0 unspecified atom stereocenters. The van der Waals surface area contributed by atoms with Crippen LogP contribution in [0.4, 0.5) is 0 Å². The van der Waals surface area contributed by atoms with Crippen LogP contribution in [-0.2, 0) is 16.1 Å². The van der Waals surface area contributed by atoms with Crippen LogP contribution in [0.1, 0.15) is 66.9 Å². The van der Waals surface area contributed by atoms with E-state index in [1.165, 1.54) is 0 Å². The van der Waals surface area contributed by atoms with Gasteiger partial charge in [0.15, 0.2) is 11.6 Å². The molecule has 1 amide bonds. The fraction of sp³-hybridized carbons (Fsp3) is 0.371. The second-order valence-electron chi connectivity index (χ2n) is 11.4. The number of nitrogens with one attached hydrogen (secondary N) is 1. The first-order chi connectivity index (χ1) is 22.0. The largest absolute Gasteiger partial charge is 0.494 e. The van der Waals surface area contributed by atoms with Crippen LogP contribution in [0.3, 0.4) is 0 Å². The SMILES string of the molecule is [N-]=[N+]=NCc1ccccc1[C@H]1OC(c2ccc(OCCCO)cc2)=N[C@@]1(C/C=C/c1ccccc1)C(=O)NC1CCC(O)CC1. The molecule has 0 bridgehead atoms. The van der Waals surface area contributed by atoms with E-state index in [1.54, 1.807) is 0 Å². The second-order valence-corrected chi connectivity index (χ2v) is 11.4. The molecule has 5 rings (SSSR count). The summed E-state index contributed by atoms with van der Waals surface area (Å²) < 4.78 is 12.3. The van der Waals surface area contributed by atoms with Gasteiger partial charge in [0.2, 0.25) is 5.90 Å². The molecule has 1 aliphatic carbocycles. The van der Waals surface area contributed by atoms with Gasteiger partial charge < -0.3 is 25.0 Å². The van der Waals surface area contributed by atoms with Gasteiger partial charge in [-0.25, -0.2) is 4.99 Å². The minimum atomic E-state index is -1.38. The number of azide groups is 1. The van der Waals surface area contributed by atoms with E-state index in [-0.39, 0.29) is 37.6 Å². The van der Waals surface area contributed by atoms with E-state index in [2.05, 4.69) is 15.3 Å². The molecule has 1 aliphatic heterocycles. The Morgan fingerprint density at radius 2 is 1.80 bits per heavy atom. The first-order valence-corrected chi connectivity index (χ1v) is 15.4. The summed E-state index contributed by atoms with van der Waals surface area (Å²) >= 11 is 0. The highest BCUT2D eigenvalue weighted by molar-refractivity contribution is 6.01. The lowest BCUT2D eigenvalue weighted by Gasteiger charge is -2.34. The van der Waals surface area contributed by atoms with Crippen LogP contribution in [0.15, 0.2) is 95.0 Å². The van der Waals surface area contributed by atoms with Gasteiger partial charge in [-0.05, 0) is 72.2 Å². The van der Waals surface area contributed by atoms with Gasteiger partial charge in [-0.1, -0.05) is 71.9 Å². The molecule has 0 aromatic heterocycles. The van der Waals surface area contributed by atoms with Crippen molar-refractivity contribution in [1.82, 2.24) is 5.32 Å². The first kappa shape index (κ1) is 31.8. The smallest absolute Gasteiger partial charge is 0.252 e. The molecule has 45 heavy (non-hydrogen) atoms. The number of hydrogen-bond acceptors (Lipinski definition) is 7. The van der Waals surface area contributed by atoms with Crippen molar-refractivity contribution < 1.29 is 24.5 Å².